The van der Waals surface area contributed by atoms with Crippen molar-refractivity contribution in [2.45, 2.75) is 23.7 Å². The van der Waals surface area contributed by atoms with Crippen LogP contribution in [0.3, 0.4) is 0 Å². The second-order valence-electron chi connectivity index (χ2n) is 11.8. The third-order valence-corrected chi connectivity index (χ3v) is 12.8. The molecule has 238 valence electrons. The zero-order valence-electron chi connectivity index (χ0n) is 25.2. The molecule has 0 saturated carbocycles. The van der Waals surface area contributed by atoms with Crippen molar-refractivity contribution in [3.05, 3.63) is 107 Å². The molecular formula is C34H32N2O8S2. The Hall–Kier alpha value is -4.52. The molecule has 2 saturated heterocycles. The summed E-state index contributed by atoms with van der Waals surface area (Å²) in [5.74, 6) is -8.46. The Kier molecular flexibility index (Phi) is 8.82. The molecule has 0 aliphatic carbocycles. The fourth-order valence-electron chi connectivity index (χ4n) is 7.27. The largest absolute Gasteiger partial charge is 0.468 e. The number of hydrogen-bond acceptors (Lipinski definition) is 10. The fourth-order valence-corrected chi connectivity index (χ4v) is 11.4. The second kappa shape index (κ2) is 12.3. The molecule has 2 aliphatic rings. The maximum atomic E-state index is 13.6. The first-order valence-electron chi connectivity index (χ1n) is 14.5. The third kappa shape index (κ3) is 5.46. The number of ether oxygens (including phenoxy) is 2. The van der Waals surface area contributed by atoms with Crippen LogP contribution >= 0.6 is 0 Å². The van der Waals surface area contributed by atoms with Gasteiger partial charge < -0.3 is 9.47 Å². The number of benzene rings is 3. The number of carbonyl (C=O) groups excluding carboxylic acids is 2. The highest BCUT2D eigenvalue weighted by Crippen LogP contribution is 2.55. The number of sulfone groups is 2. The number of methoxy groups -OCH3 is 2. The van der Waals surface area contributed by atoms with Crippen LogP contribution in [0.15, 0.2) is 84.9 Å². The number of esters is 2. The van der Waals surface area contributed by atoms with E-state index in [-0.39, 0.29) is 11.1 Å². The van der Waals surface area contributed by atoms with Crippen molar-refractivity contribution in [2.24, 2.45) is 10.8 Å². The first-order chi connectivity index (χ1) is 21.9. The van der Waals surface area contributed by atoms with Gasteiger partial charge in [0.25, 0.3) is 0 Å². The quantitative estimate of drug-likeness (QED) is 0.356. The van der Waals surface area contributed by atoms with Gasteiger partial charge >= 0.3 is 11.9 Å². The predicted molar refractivity (Wildman–Crippen MR) is 168 cm³/mol. The van der Waals surface area contributed by atoms with E-state index in [1.165, 1.54) is 6.07 Å². The molecular weight excluding hydrogens is 629 g/mol. The highest BCUT2D eigenvalue weighted by Gasteiger charge is 2.61. The third-order valence-electron chi connectivity index (χ3n) is 9.42. The molecule has 0 radical (unpaired) electrons. The Labute approximate surface area is 268 Å². The van der Waals surface area contributed by atoms with Crippen molar-refractivity contribution in [3.63, 3.8) is 0 Å². The van der Waals surface area contributed by atoms with Gasteiger partial charge in [-0.05, 0) is 22.3 Å². The molecule has 10 nitrogen and oxygen atoms in total. The minimum atomic E-state index is -3.83. The molecule has 2 heterocycles. The van der Waals surface area contributed by atoms with Gasteiger partial charge in [-0.1, -0.05) is 84.9 Å². The van der Waals surface area contributed by atoms with Crippen molar-refractivity contribution in [1.82, 2.24) is 0 Å². The molecule has 2 fully saturated rings. The molecule has 0 N–H and O–H groups in total. The van der Waals surface area contributed by atoms with E-state index in [9.17, 15) is 36.9 Å². The fraction of sp³-hybridized carbons (Fsp3) is 0.353. The molecule has 0 spiro atoms. The van der Waals surface area contributed by atoms with Crippen LogP contribution in [0.4, 0.5) is 0 Å². The van der Waals surface area contributed by atoms with Gasteiger partial charge in [-0.15, -0.1) is 0 Å². The number of hydrogen-bond donors (Lipinski definition) is 0. The van der Waals surface area contributed by atoms with Crippen LogP contribution in [-0.2, 0) is 38.7 Å². The van der Waals surface area contributed by atoms with Gasteiger partial charge in [-0.2, -0.15) is 10.5 Å². The Morgan fingerprint density at radius 1 is 0.587 bits per heavy atom. The van der Waals surface area contributed by atoms with E-state index in [0.717, 1.165) is 14.2 Å². The number of nitrogens with zero attached hydrogens (tertiary/aromatic N) is 2. The SMILES string of the molecule is COC(=O)C1(C#N)C(c2ccccc2)CS(=O)(=O)CC1c1cccc(C2CS(=O)(=O)CC(c3ccccc3)C2(C#N)C(=O)OC)c1. The predicted octanol–water partition coefficient (Wildman–Crippen LogP) is 3.64. The molecule has 46 heavy (non-hydrogen) atoms. The van der Waals surface area contributed by atoms with Gasteiger partial charge in [0.2, 0.25) is 0 Å². The molecule has 3 aromatic rings. The lowest BCUT2D eigenvalue weighted by atomic mass is 9.62. The van der Waals surface area contributed by atoms with Gasteiger partial charge in [0.1, 0.15) is 0 Å². The maximum absolute atomic E-state index is 13.6. The molecule has 5 rings (SSSR count). The van der Waals surface area contributed by atoms with Gasteiger partial charge in [-0.3, -0.25) is 9.59 Å². The van der Waals surface area contributed by atoms with Crippen molar-refractivity contribution in [2.75, 3.05) is 37.2 Å². The summed E-state index contributed by atoms with van der Waals surface area (Å²) in [5, 5.41) is 21.4. The van der Waals surface area contributed by atoms with E-state index >= 15 is 0 Å². The van der Waals surface area contributed by atoms with Gasteiger partial charge in [0.15, 0.2) is 30.5 Å². The maximum Gasteiger partial charge on any atom is 0.327 e. The van der Waals surface area contributed by atoms with Crippen LogP contribution in [0.1, 0.15) is 45.9 Å². The lowest BCUT2D eigenvalue weighted by Gasteiger charge is -2.44. The zero-order chi connectivity index (χ0) is 33.3. The summed E-state index contributed by atoms with van der Waals surface area (Å²) in [6.07, 6.45) is 0. The summed E-state index contributed by atoms with van der Waals surface area (Å²) < 4.78 is 64.0. The van der Waals surface area contributed by atoms with Gasteiger partial charge in [0.05, 0.1) is 49.4 Å². The molecule has 0 amide bonds. The molecule has 2 aliphatic heterocycles. The highest BCUT2D eigenvalue weighted by molar-refractivity contribution is 7.91. The summed E-state index contributed by atoms with van der Waals surface area (Å²) in [5.41, 5.74) is -2.50. The van der Waals surface area contributed by atoms with E-state index in [1.54, 1.807) is 78.9 Å². The summed E-state index contributed by atoms with van der Waals surface area (Å²) in [6, 6.07) is 27.3. The summed E-state index contributed by atoms with van der Waals surface area (Å²) >= 11 is 0. The van der Waals surface area contributed by atoms with Gasteiger partial charge in [0, 0.05) is 23.7 Å². The Morgan fingerprint density at radius 3 is 1.20 bits per heavy atom. The van der Waals surface area contributed by atoms with E-state index in [4.69, 9.17) is 9.47 Å². The first kappa shape index (κ1) is 32.9. The average molecular weight is 661 g/mol. The Bertz CT molecular complexity index is 1810. The van der Waals surface area contributed by atoms with Crippen LogP contribution in [0.25, 0.3) is 0 Å². The summed E-state index contributed by atoms with van der Waals surface area (Å²) in [7, 11) is -5.39. The zero-order valence-corrected chi connectivity index (χ0v) is 26.8. The van der Waals surface area contributed by atoms with Crippen molar-refractivity contribution < 1.29 is 35.9 Å². The van der Waals surface area contributed by atoms with Crippen LogP contribution in [0.5, 0.6) is 0 Å². The van der Waals surface area contributed by atoms with Gasteiger partial charge in [-0.25, -0.2) is 16.8 Å². The average Bonchev–Trinajstić information content (AvgIpc) is 3.07. The number of nitriles is 2. The minimum absolute atomic E-state index is 0.254. The van der Waals surface area contributed by atoms with Crippen LogP contribution < -0.4 is 0 Å². The van der Waals surface area contributed by atoms with E-state index in [0.29, 0.717) is 11.1 Å². The lowest BCUT2D eigenvalue weighted by Crippen LogP contribution is -2.52. The molecule has 6 unspecified atom stereocenters. The van der Waals surface area contributed by atoms with Crippen LogP contribution in [-0.4, -0.2) is 66.0 Å². The summed E-state index contributed by atoms with van der Waals surface area (Å²) in [6.45, 7) is 0. The second-order valence-corrected chi connectivity index (χ2v) is 16.1. The smallest absolute Gasteiger partial charge is 0.327 e. The lowest BCUT2D eigenvalue weighted by molar-refractivity contribution is -0.152. The standard InChI is InChI=1S/C34H32N2O8S2/c1-43-31(37)33(21-35)27(23-10-5-3-6-11-23)17-45(39,40)19-29(33)25-14-9-15-26(16-25)30-20-46(41,42)18-28(24-12-7-4-8-13-24)34(30,22-36)32(38)44-2/h3-16,27-30H,17-20H2,1-2H3. The van der Waals surface area contributed by atoms with Crippen molar-refractivity contribution in [3.8, 4) is 12.1 Å². The van der Waals surface area contributed by atoms with Crippen molar-refractivity contribution >= 4 is 31.6 Å². The van der Waals surface area contributed by atoms with E-state index < -0.39 is 89.1 Å². The monoisotopic (exact) mass is 660 g/mol. The van der Waals surface area contributed by atoms with Crippen LogP contribution in [0.2, 0.25) is 0 Å². The van der Waals surface area contributed by atoms with Crippen LogP contribution in [0, 0.1) is 33.5 Å². The molecule has 0 bridgehead atoms. The van der Waals surface area contributed by atoms with Crippen molar-refractivity contribution in [1.29, 1.82) is 10.5 Å². The minimum Gasteiger partial charge on any atom is -0.468 e. The molecule has 6 atom stereocenters. The topological polar surface area (TPSA) is 168 Å². The number of rotatable bonds is 6. The summed E-state index contributed by atoms with van der Waals surface area (Å²) in [4.78, 5) is 27.2. The van der Waals surface area contributed by atoms with E-state index in [1.807, 2.05) is 0 Å². The number of carbonyl (C=O) groups is 2. The first-order valence-corrected chi connectivity index (χ1v) is 18.1. The molecule has 12 heteroatoms. The molecule has 3 aromatic carbocycles. The molecule has 0 aromatic heterocycles. The normalized spacial score (nSPS) is 29.7. The highest BCUT2D eigenvalue weighted by atomic mass is 32.2. The Balaban J connectivity index is 1.74. The Morgan fingerprint density at radius 2 is 0.891 bits per heavy atom. The van der Waals surface area contributed by atoms with E-state index in [2.05, 4.69) is 12.1 Å².